The highest BCUT2D eigenvalue weighted by atomic mass is 16.6. The van der Waals surface area contributed by atoms with Crippen LogP contribution in [0.2, 0.25) is 0 Å². The van der Waals surface area contributed by atoms with Crippen LogP contribution in [0.15, 0.2) is 24.5 Å². The number of aryl methyl sites for hydroxylation is 1. The molecule has 1 heterocycles. The lowest BCUT2D eigenvalue weighted by molar-refractivity contribution is -0.384. The number of nitrogens with zero attached hydrogens (tertiary/aromatic N) is 4. The van der Waals surface area contributed by atoms with Crippen molar-refractivity contribution in [2.24, 2.45) is 12.8 Å². The van der Waals surface area contributed by atoms with E-state index >= 15 is 0 Å². The number of nitrogens with one attached hydrogen (secondary N) is 1. The smallest absolute Gasteiger partial charge is 0.293 e. The number of amides is 1. The fourth-order valence-electron chi connectivity index (χ4n) is 1.83. The van der Waals surface area contributed by atoms with Crippen molar-refractivity contribution in [3.8, 4) is 0 Å². The quantitative estimate of drug-likeness (QED) is 0.588. The monoisotopic (exact) mass is 290 g/mol. The molecule has 0 aliphatic rings. The molecule has 0 bridgehead atoms. The normalized spacial score (nSPS) is 10.3. The van der Waals surface area contributed by atoms with Crippen LogP contribution in [0.25, 0.3) is 0 Å². The van der Waals surface area contributed by atoms with Crippen LogP contribution in [0.1, 0.15) is 16.2 Å². The Morgan fingerprint density at radius 1 is 1.52 bits per heavy atom. The number of rotatable bonds is 6. The second kappa shape index (κ2) is 5.99. The second-order valence-electron chi connectivity index (χ2n) is 4.39. The summed E-state index contributed by atoms with van der Waals surface area (Å²) in [6.45, 7) is 0.448. The van der Waals surface area contributed by atoms with Gasteiger partial charge in [-0.2, -0.15) is 0 Å². The number of nitrogens with two attached hydrogens (primary N) is 1. The van der Waals surface area contributed by atoms with Gasteiger partial charge < -0.3 is 15.6 Å². The molecule has 0 spiro atoms. The molecule has 1 aromatic carbocycles. The van der Waals surface area contributed by atoms with E-state index in [4.69, 9.17) is 5.73 Å². The Balaban J connectivity index is 2.10. The summed E-state index contributed by atoms with van der Waals surface area (Å²) < 4.78 is 1.77. The van der Waals surface area contributed by atoms with Crippen LogP contribution in [-0.2, 0) is 13.5 Å². The molecule has 0 aliphatic carbocycles. The molecular formula is C12H14N6O3. The highest BCUT2D eigenvalue weighted by molar-refractivity contribution is 5.94. The lowest BCUT2D eigenvalue weighted by atomic mass is 10.1. The molecular weight excluding hydrogens is 276 g/mol. The first-order chi connectivity index (χ1) is 9.99. The van der Waals surface area contributed by atoms with Crippen molar-refractivity contribution in [2.75, 3.05) is 11.9 Å². The molecule has 0 saturated carbocycles. The molecule has 0 atom stereocenters. The lowest BCUT2D eigenvalue weighted by Crippen LogP contribution is -2.13. The van der Waals surface area contributed by atoms with Crippen molar-refractivity contribution in [1.82, 2.24) is 14.8 Å². The van der Waals surface area contributed by atoms with Gasteiger partial charge in [-0.3, -0.25) is 14.9 Å². The number of carbonyl (C=O) groups is 1. The summed E-state index contributed by atoms with van der Waals surface area (Å²) in [5, 5.41) is 21.7. The SMILES string of the molecule is Cn1cnnc1CCNc1ccc(C(N)=O)cc1[N+](=O)[O-]. The molecule has 21 heavy (non-hydrogen) atoms. The predicted molar refractivity (Wildman–Crippen MR) is 74.8 cm³/mol. The Hall–Kier alpha value is -2.97. The Morgan fingerprint density at radius 3 is 2.86 bits per heavy atom. The van der Waals surface area contributed by atoms with Gasteiger partial charge in [0, 0.05) is 31.6 Å². The Kier molecular flexibility index (Phi) is 4.12. The molecule has 1 aromatic heterocycles. The van der Waals surface area contributed by atoms with Crippen molar-refractivity contribution in [1.29, 1.82) is 0 Å². The fraction of sp³-hybridized carbons (Fsp3) is 0.250. The Bertz CT molecular complexity index is 681. The molecule has 0 fully saturated rings. The number of carbonyl (C=O) groups excluding carboxylic acids is 1. The Labute approximate surface area is 119 Å². The van der Waals surface area contributed by atoms with Gasteiger partial charge in [-0.05, 0) is 12.1 Å². The third-order valence-corrected chi connectivity index (χ3v) is 2.95. The topological polar surface area (TPSA) is 129 Å². The van der Waals surface area contributed by atoms with Crippen LogP contribution in [0.3, 0.4) is 0 Å². The molecule has 0 unspecified atom stereocenters. The van der Waals surface area contributed by atoms with Crippen LogP contribution in [0, 0.1) is 10.1 Å². The number of nitro benzene ring substituents is 1. The maximum Gasteiger partial charge on any atom is 0.293 e. The fourth-order valence-corrected chi connectivity index (χ4v) is 1.83. The first kappa shape index (κ1) is 14.4. The number of hydrogen-bond donors (Lipinski definition) is 2. The van der Waals surface area contributed by atoms with Crippen LogP contribution in [-0.4, -0.2) is 32.1 Å². The van der Waals surface area contributed by atoms with Crippen molar-refractivity contribution in [2.45, 2.75) is 6.42 Å². The molecule has 0 aliphatic heterocycles. The average Bonchev–Trinajstić information content (AvgIpc) is 2.84. The third-order valence-electron chi connectivity index (χ3n) is 2.95. The van der Waals surface area contributed by atoms with Crippen molar-refractivity contribution in [3.63, 3.8) is 0 Å². The van der Waals surface area contributed by atoms with Gasteiger partial charge in [-0.1, -0.05) is 0 Å². The van der Waals surface area contributed by atoms with Crippen molar-refractivity contribution in [3.05, 3.63) is 46.0 Å². The molecule has 1 amide bonds. The molecule has 9 nitrogen and oxygen atoms in total. The first-order valence-corrected chi connectivity index (χ1v) is 6.14. The van der Waals surface area contributed by atoms with Gasteiger partial charge in [-0.25, -0.2) is 0 Å². The Morgan fingerprint density at radius 2 is 2.29 bits per heavy atom. The van der Waals surface area contributed by atoms with E-state index in [1.54, 1.807) is 10.9 Å². The van der Waals surface area contributed by atoms with Crippen molar-refractivity contribution < 1.29 is 9.72 Å². The van der Waals surface area contributed by atoms with Crippen LogP contribution < -0.4 is 11.1 Å². The maximum absolute atomic E-state index is 11.1. The van der Waals surface area contributed by atoms with Gasteiger partial charge in [-0.15, -0.1) is 10.2 Å². The van der Waals surface area contributed by atoms with E-state index in [9.17, 15) is 14.9 Å². The second-order valence-corrected chi connectivity index (χ2v) is 4.39. The van der Waals surface area contributed by atoms with Gasteiger partial charge >= 0.3 is 0 Å². The van der Waals surface area contributed by atoms with Gasteiger partial charge in [0.1, 0.15) is 17.8 Å². The third kappa shape index (κ3) is 3.32. The summed E-state index contributed by atoms with van der Waals surface area (Å²) in [6, 6.07) is 4.07. The van der Waals surface area contributed by atoms with E-state index in [-0.39, 0.29) is 11.3 Å². The molecule has 0 radical (unpaired) electrons. The highest BCUT2D eigenvalue weighted by Gasteiger charge is 2.16. The highest BCUT2D eigenvalue weighted by Crippen LogP contribution is 2.25. The number of nitro groups is 1. The van der Waals surface area contributed by atoms with Crippen LogP contribution in [0.4, 0.5) is 11.4 Å². The van der Waals surface area contributed by atoms with E-state index in [2.05, 4.69) is 15.5 Å². The van der Waals surface area contributed by atoms with Gasteiger partial charge in [0.15, 0.2) is 0 Å². The summed E-state index contributed by atoms with van der Waals surface area (Å²) in [5.74, 6) is 0.0580. The maximum atomic E-state index is 11.1. The van der Waals surface area contributed by atoms with Crippen molar-refractivity contribution >= 4 is 17.3 Å². The van der Waals surface area contributed by atoms with Gasteiger partial charge in [0.2, 0.25) is 5.91 Å². The molecule has 9 heteroatoms. The van der Waals surface area contributed by atoms with Gasteiger partial charge in [0.25, 0.3) is 5.69 Å². The average molecular weight is 290 g/mol. The van der Waals surface area contributed by atoms with E-state index in [0.717, 1.165) is 11.9 Å². The summed E-state index contributed by atoms with van der Waals surface area (Å²) in [4.78, 5) is 21.5. The van der Waals surface area contributed by atoms with E-state index in [1.807, 2.05) is 7.05 Å². The number of benzene rings is 1. The van der Waals surface area contributed by atoms with Gasteiger partial charge in [0.05, 0.1) is 4.92 Å². The zero-order chi connectivity index (χ0) is 15.4. The number of hydrogen-bond acceptors (Lipinski definition) is 6. The van der Waals surface area contributed by atoms with E-state index < -0.39 is 10.8 Å². The number of primary amides is 1. The van der Waals surface area contributed by atoms with Crippen LogP contribution in [0.5, 0.6) is 0 Å². The first-order valence-electron chi connectivity index (χ1n) is 6.14. The molecule has 3 N–H and O–H groups in total. The summed E-state index contributed by atoms with van der Waals surface area (Å²) >= 11 is 0. The minimum atomic E-state index is -0.705. The van der Waals surface area contributed by atoms with E-state index in [0.29, 0.717) is 18.7 Å². The standard InChI is InChI=1S/C12H14N6O3/c1-17-7-15-16-11(17)4-5-14-9-3-2-8(12(13)19)6-10(9)18(20)21/h2-3,6-7,14H,4-5H2,1H3,(H2,13,19). The molecule has 2 rings (SSSR count). The zero-order valence-electron chi connectivity index (χ0n) is 11.3. The number of aromatic nitrogens is 3. The summed E-state index contributed by atoms with van der Waals surface area (Å²) in [7, 11) is 1.82. The van der Waals surface area contributed by atoms with E-state index in [1.165, 1.54) is 12.1 Å². The zero-order valence-corrected chi connectivity index (χ0v) is 11.3. The summed E-state index contributed by atoms with van der Waals surface area (Å²) in [5.41, 5.74) is 5.35. The molecule has 0 saturated heterocycles. The largest absolute Gasteiger partial charge is 0.379 e. The minimum Gasteiger partial charge on any atom is -0.379 e. The minimum absolute atomic E-state index is 0.0977. The number of anilines is 1. The van der Waals surface area contributed by atoms with Crippen LogP contribution >= 0.6 is 0 Å². The molecule has 2 aromatic rings. The predicted octanol–water partition coefficient (Wildman–Crippen LogP) is 0.477. The lowest BCUT2D eigenvalue weighted by Gasteiger charge is -2.07. The summed E-state index contributed by atoms with van der Waals surface area (Å²) in [6.07, 6.45) is 2.14. The molecule has 110 valence electrons.